The van der Waals surface area contributed by atoms with Crippen LogP contribution < -0.4 is 10.6 Å². The van der Waals surface area contributed by atoms with E-state index < -0.39 is 20.2 Å². The Labute approximate surface area is 156 Å². The molecule has 1 aromatic rings. The largest absolute Gasteiger partial charge is 0.456 e. The number of hydrogen-bond donors (Lipinski definition) is 2. The Kier molecular flexibility index (Phi) is 7.70. The lowest BCUT2D eigenvalue weighted by molar-refractivity contribution is -0.144. The van der Waals surface area contributed by atoms with Gasteiger partial charge in [0.05, 0.1) is 12.8 Å². The van der Waals surface area contributed by atoms with Crippen LogP contribution in [0.3, 0.4) is 0 Å². The third kappa shape index (κ3) is 7.09. The molecule has 0 radical (unpaired) electrons. The summed E-state index contributed by atoms with van der Waals surface area (Å²) in [7, 11) is -1.84. The number of amides is 1. The third-order valence-corrected chi connectivity index (χ3v) is 8.78. The maximum absolute atomic E-state index is 11.8. The van der Waals surface area contributed by atoms with Gasteiger partial charge in [0.1, 0.15) is 12.0 Å². The summed E-state index contributed by atoms with van der Waals surface area (Å²) in [6, 6.07) is -0.0110. The lowest BCUT2D eigenvalue weighted by Gasteiger charge is -2.37. The first-order valence-corrected chi connectivity index (χ1v) is 11.5. The molecule has 1 amide bonds. The second-order valence-electron chi connectivity index (χ2n) is 7.73. The quantitative estimate of drug-likeness (QED) is 0.526. The number of carbonyl (C=O) groups excluding carboxylic acids is 2. The number of hydrogen-bond acceptors (Lipinski definition) is 7. The van der Waals surface area contributed by atoms with Crippen molar-refractivity contribution in [3.63, 3.8) is 0 Å². The molecule has 0 saturated carbocycles. The zero-order valence-corrected chi connectivity index (χ0v) is 17.7. The number of anilines is 2. The molecule has 1 heterocycles. The Morgan fingerprint density at radius 3 is 2.54 bits per heavy atom. The molecule has 146 valence electrons. The van der Waals surface area contributed by atoms with Crippen molar-refractivity contribution in [2.24, 2.45) is 0 Å². The van der Waals surface area contributed by atoms with E-state index in [0.29, 0.717) is 18.1 Å². The molecule has 1 unspecified atom stereocenters. The summed E-state index contributed by atoms with van der Waals surface area (Å²) in [5.41, 5.74) is 0.420. The number of carbonyl (C=O) groups is 2. The third-order valence-electron chi connectivity index (χ3n) is 4.28. The molecular weight excluding hydrogens is 352 g/mol. The highest BCUT2D eigenvalue weighted by Crippen LogP contribution is 2.36. The standard InChI is InChI=1S/C17H30N4O4Si/c1-12(9-25-26(6,7)17(3,4)5)20-16-14(8-18-11-19-16)21-15(23)10-24-13(2)22/h8,11-12H,9-10H2,1-7H3,(H,21,23)(H,18,19,20). The number of aromatic nitrogens is 2. The predicted octanol–water partition coefficient (Wildman–Crippen LogP) is 2.80. The van der Waals surface area contributed by atoms with Crippen LogP contribution in [0.15, 0.2) is 12.5 Å². The molecule has 0 saturated heterocycles. The summed E-state index contributed by atoms with van der Waals surface area (Å²) in [5, 5.41) is 6.00. The molecule has 26 heavy (non-hydrogen) atoms. The normalized spacial score (nSPS) is 13.0. The van der Waals surface area contributed by atoms with Crippen molar-refractivity contribution in [1.82, 2.24) is 9.97 Å². The molecule has 1 aromatic heterocycles. The lowest BCUT2D eigenvalue weighted by atomic mass is 10.2. The summed E-state index contributed by atoms with van der Waals surface area (Å²) < 4.78 is 10.9. The first-order valence-electron chi connectivity index (χ1n) is 8.56. The Morgan fingerprint density at radius 1 is 1.31 bits per heavy atom. The summed E-state index contributed by atoms with van der Waals surface area (Å²) in [5.74, 6) is -0.482. The van der Waals surface area contributed by atoms with Crippen LogP contribution in [0.5, 0.6) is 0 Å². The van der Waals surface area contributed by atoms with Crippen LogP contribution in [-0.2, 0) is 18.8 Å². The molecule has 0 aromatic carbocycles. The molecule has 1 rings (SSSR count). The van der Waals surface area contributed by atoms with Crippen LogP contribution in [0.2, 0.25) is 18.1 Å². The second kappa shape index (κ2) is 9.09. The highest BCUT2D eigenvalue weighted by molar-refractivity contribution is 6.74. The van der Waals surface area contributed by atoms with Gasteiger partial charge in [0, 0.05) is 13.0 Å². The summed E-state index contributed by atoms with van der Waals surface area (Å²) in [6.07, 6.45) is 2.88. The van der Waals surface area contributed by atoms with Crippen molar-refractivity contribution < 1.29 is 18.8 Å². The highest BCUT2D eigenvalue weighted by Gasteiger charge is 2.37. The number of nitrogens with zero attached hydrogens (tertiary/aromatic N) is 2. The van der Waals surface area contributed by atoms with E-state index in [-0.39, 0.29) is 17.7 Å². The average molecular weight is 383 g/mol. The van der Waals surface area contributed by atoms with Crippen molar-refractivity contribution in [1.29, 1.82) is 0 Å². The zero-order valence-electron chi connectivity index (χ0n) is 16.7. The molecule has 0 aliphatic rings. The Balaban J connectivity index is 2.67. The minimum atomic E-state index is -1.84. The van der Waals surface area contributed by atoms with E-state index >= 15 is 0 Å². The SMILES string of the molecule is CC(=O)OCC(=O)Nc1cncnc1NC(C)CO[Si](C)(C)C(C)(C)C. The second-order valence-corrected chi connectivity index (χ2v) is 12.5. The molecule has 0 spiro atoms. The van der Waals surface area contributed by atoms with Gasteiger partial charge >= 0.3 is 5.97 Å². The van der Waals surface area contributed by atoms with Crippen molar-refractivity contribution >= 4 is 31.7 Å². The van der Waals surface area contributed by atoms with Gasteiger partial charge in [-0.1, -0.05) is 20.8 Å². The fourth-order valence-corrected chi connectivity index (χ4v) is 2.81. The van der Waals surface area contributed by atoms with Gasteiger partial charge in [-0.05, 0) is 25.1 Å². The van der Waals surface area contributed by atoms with Gasteiger partial charge in [-0.2, -0.15) is 0 Å². The molecular formula is C17H30N4O4Si. The van der Waals surface area contributed by atoms with E-state index in [2.05, 4.69) is 59.2 Å². The Bertz CT molecular complexity index is 631. The molecule has 2 N–H and O–H groups in total. The van der Waals surface area contributed by atoms with Crippen LogP contribution in [0.25, 0.3) is 0 Å². The van der Waals surface area contributed by atoms with Crippen LogP contribution >= 0.6 is 0 Å². The molecule has 8 nitrogen and oxygen atoms in total. The molecule has 0 aliphatic carbocycles. The summed E-state index contributed by atoms with van der Waals surface area (Å²) in [4.78, 5) is 30.7. The first kappa shape index (κ1) is 22.0. The fourth-order valence-electron chi connectivity index (χ4n) is 1.71. The van der Waals surface area contributed by atoms with Crippen LogP contribution in [0.1, 0.15) is 34.6 Å². The van der Waals surface area contributed by atoms with Gasteiger partial charge in [0.2, 0.25) is 0 Å². The maximum atomic E-state index is 11.8. The molecule has 1 atom stereocenters. The monoisotopic (exact) mass is 382 g/mol. The van der Waals surface area contributed by atoms with Crippen molar-refractivity contribution in [3.8, 4) is 0 Å². The summed E-state index contributed by atoms with van der Waals surface area (Å²) in [6.45, 7) is 14.4. The van der Waals surface area contributed by atoms with Crippen LogP contribution in [0, 0.1) is 0 Å². The molecule has 0 aliphatic heterocycles. The van der Waals surface area contributed by atoms with Gasteiger partial charge in [-0.3, -0.25) is 9.59 Å². The molecule has 0 bridgehead atoms. The number of ether oxygens (including phenoxy) is 1. The molecule has 9 heteroatoms. The van der Waals surface area contributed by atoms with Crippen molar-refractivity contribution in [2.75, 3.05) is 23.8 Å². The van der Waals surface area contributed by atoms with Gasteiger partial charge in [0.25, 0.3) is 5.91 Å². The van der Waals surface area contributed by atoms with Gasteiger partial charge < -0.3 is 19.8 Å². The number of esters is 1. The Hall–Kier alpha value is -2.00. The van der Waals surface area contributed by atoms with Crippen LogP contribution in [0.4, 0.5) is 11.5 Å². The minimum Gasteiger partial charge on any atom is -0.456 e. The Morgan fingerprint density at radius 2 is 1.96 bits per heavy atom. The number of nitrogens with one attached hydrogen (secondary N) is 2. The van der Waals surface area contributed by atoms with E-state index in [1.807, 2.05) is 6.92 Å². The topological polar surface area (TPSA) is 102 Å². The lowest BCUT2D eigenvalue weighted by Crippen LogP contribution is -2.43. The van der Waals surface area contributed by atoms with E-state index in [1.165, 1.54) is 19.4 Å². The van der Waals surface area contributed by atoms with E-state index in [1.54, 1.807) is 0 Å². The average Bonchev–Trinajstić information content (AvgIpc) is 2.52. The van der Waals surface area contributed by atoms with Crippen molar-refractivity contribution in [3.05, 3.63) is 12.5 Å². The minimum absolute atomic E-state index is 0.0110. The van der Waals surface area contributed by atoms with Gasteiger partial charge in [-0.15, -0.1) is 0 Å². The first-order chi connectivity index (χ1) is 11.9. The van der Waals surface area contributed by atoms with Crippen molar-refractivity contribution in [2.45, 2.75) is 58.8 Å². The smallest absolute Gasteiger partial charge is 0.303 e. The number of rotatable bonds is 8. The van der Waals surface area contributed by atoms with Gasteiger partial charge in [0.15, 0.2) is 20.7 Å². The molecule has 0 fully saturated rings. The van der Waals surface area contributed by atoms with E-state index in [0.717, 1.165) is 0 Å². The van der Waals surface area contributed by atoms with Crippen LogP contribution in [-0.4, -0.2) is 49.4 Å². The fraction of sp³-hybridized carbons (Fsp3) is 0.647. The summed E-state index contributed by atoms with van der Waals surface area (Å²) >= 11 is 0. The van der Waals surface area contributed by atoms with E-state index in [4.69, 9.17) is 4.43 Å². The van der Waals surface area contributed by atoms with Gasteiger partial charge in [-0.25, -0.2) is 9.97 Å². The highest BCUT2D eigenvalue weighted by atomic mass is 28.4. The predicted molar refractivity (Wildman–Crippen MR) is 104 cm³/mol. The zero-order chi connectivity index (χ0) is 20.0. The van der Waals surface area contributed by atoms with E-state index in [9.17, 15) is 9.59 Å². The maximum Gasteiger partial charge on any atom is 0.303 e.